The van der Waals surface area contributed by atoms with E-state index >= 15 is 0 Å². The number of Topliss-reactive ketones (excluding diaryl/α,β-unsaturated/α-hetero) is 1. The second-order valence-electron chi connectivity index (χ2n) is 6.56. The molecule has 138 valence electrons. The third-order valence-corrected chi connectivity index (χ3v) is 3.68. The maximum atomic E-state index is 12.0. The van der Waals surface area contributed by atoms with Crippen LogP contribution in [-0.4, -0.2) is 41.3 Å². The normalized spacial score (nSPS) is 13.2. The van der Waals surface area contributed by atoms with Gasteiger partial charge in [-0.15, -0.1) is 0 Å². The number of benzene rings is 1. The van der Waals surface area contributed by atoms with Crippen LogP contribution < -0.4 is 16.4 Å². The predicted octanol–water partition coefficient (Wildman–Crippen LogP) is 0.498. The van der Waals surface area contributed by atoms with Crippen molar-refractivity contribution in [3.05, 3.63) is 29.8 Å². The zero-order valence-electron chi connectivity index (χ0n) is 14.9. The molecule has 0 radical (unpaired) electrons. The molecule has 0 aliphatic heterocycles. The number of carbonyl (C=O) groups is 3. The molecule has 1 aromatic carbocycles. The van der Waals surface area contributed by atoms with Crippen molar-refractivity contribution in [3.63, 3.8) is 0 Å². The SMILES string of the molecule is CC(=O)[C@H](CC(C)C)NC(=O)CNC(=O)[C@@H](N)Cc1ccc(O)cc1. The zero-order valence-corrected chi connectivity index (χ0v) is 14.9. The Labute approximate surface area is 148 Å². The highest BCUT2D eigenvalue weighted by Gasteiger charge is 2.20. The Morgan fingerprint density at radius 1 is 1.16 bits per heavy atom. The number of hydrogen-bond donors (Lipinski definition) is 4. The quantitative estimate of drug-likeness (QED) is 0.517. The first-order chi connectivity index (χ1) is 11.7. The molecule has 0 fully saturated rings. The fourth-order valence-electron chi connectivity index (χ4n) is 2.32. The molecule has 0 aliphatic rings. The monoisotopic (exact) mass is 349 g/mol. The minimum Gasteiger partial charge on any atom is -0.508 e. The Morgan fingerprint density at radius 3 is 2.28 bits per heavy atom. The third-order valence-electron chi connectivity index (χ3n) is 3.68. The van der Waals surface area contributed by atoms with Crippen LogP contribution in [0.15, 0.2) is 24.3 Å². The van der Waals surface area contributed by atoms with Crippen LogP contribution in [0.5, 0.6) is 5.75 Å². The van der Waals surface area contributed by atoms with Gasteiger partial charge in [0.25, 0.3) is 0 Å². The summed E-state index contributed by atoms with van der Waals surface area (Å²) in [6.45, 7) is 5.13. The Morgan fingerprint density at radius 2 is 1.76 bits per heavy atom. The number of nitrogens with two attached hydrogens (primary N) is 1. The number of phenolic OH excluding ortho intramolecular Hbond substituents is 1. The Balaban J connectivity index is 2.44. The first-order valence-corrected chi connectivity index (χ1v) is 8.30. The topological polar surface area (TPSA) is 122 Å². The largest absolute Gasteiger partial charge is 0.508 e. The molecular formula is C18H27N3O4. The number of nitrogens with one attached hydrogen (secondary N) is 2. The fourth-order valence-corrected chi connectivity index (χ4v) is 2.32. The molecule has 0 saturated heterocycles. The molecule has 7 nitrogen and oxygen atoms in total. The van der Waals surface area contributed by atoms with E-state index in [2.05, 4.69) is 10.6 Å². The highest BCUT2D eigenvalue weighted by molar-refractivity contribution is 5.91. The van der Waals surface area contributed by atoms with Gasteiger partial charge < -0.3 is 21.5 Å². The highest BCUT2D eigenvalue weighted by atomic mass is 16.3. The van der Waals surface area contributed by atoms with Gasteiger partial charge in [-0.3, -0.25) is 14.4 Å². The van der Waals surface area contributed by atoms with Crippen molar-refractivity contribution in [2.45, 2.75) is 45.7 Å². The van der Waals surface area contributed by atoms with E-state index in [4.69, 9.17) is 5.73 Å². The lowest BCUT2D eigenvalue weighted by molar-refractivity contribution is -0.129. The van der Waals surface area contributed by atoms with E-state index < -0.39 is 23.9 Å². The van der Waals surface area contributed by atoms with Crippen molar-refractivity contribution in [2.24, 2.45) is 11.7 Å². The standard InChI is InChI=1S/C18H27N3O4/c1-11(2)8-16(12(3)22)21-17(24)10-20-18(25)15(19)9-13-4-6-14(23)7-5-13/h4-7,11,15-16,23H,8-10,19H2,1-3H3,(H,20,25)(H,21,24)/t15-,16-/m0/s1. The summed E-state index contributed by atoms with van der Waals surface area (Å²) in [5.41, 5.74) is 6.63. The van der Waals surface area contributed by atoms with E-state index in [1.54, 1.807) is 12.1 Å². The number of amides is 2. The average molecular weight is 349 g/mol. The highest BCUT2D eigenvalue weighted by Crippen LogP contribution is 2.10. The smallest absolute Gasteiger partial charge is 0.239 e. The summed E-state index contributed by atoms with van der Waals surface area (Å²) >= 11 is 0. The molecule has 0 saturated carbocycles. The molecule has 25 heavy (non-hydrogen) atoms. The maximum absolute atomic E-state index is 12.0. The first-order valence-electron chi connectivity index (χ1n) is 8.30. The van der Waals surface area contributed by atoms with Crippen LogP contribution in [0.3, 0.4) is 0 Å². The fraction of sp³-hybridized carbons (Fsp3) is 0.500. The van der Waals surface area contributed by atoms with E-state index in [1.807, 2.05) is 13.8 Å². The number of rotatable bonds is 9. The molecule has 0 heterocycles. The second kappa shape index (κ2) is 9.78. The van der Waals surface area contributed by atoms with Crippen LogP contribution in [0.25, 0.3) is 0 Å². The van der Waals surface area contributed by atoms with Crippen LogP contribution in [-0.2, 0) is 20.8 Å². The summed E-state index contributed by atoms with van der Waals surface area (Å²) in [7, 11) is 0. The Bertz CT molecular complexity index is 599. The number of carbonyl (C=O) groups excluding carboxylic acids is 3. The van der Waals surface area contributed by atoms with E-state index in [9.17, 15) is 19.5 Å². The summed E-state index contributed by atoms with van der Waals surface area (Å²) in [6, 6.07) is 5.04. The van der Waals surface area contributed by atoms with Crippen molar-refractivity contribution >= 4 is 17.6 Å². The number of ketones is 1. The molecule has 0 bridgehead atoms. The Hall–Kier alpha value is -2.41. The van der Waals surface area contributed by atoms with E-state index in [0.29, 0.717) is 6.42 Å². The van der Waals surface area contributed by atoms with Crippen molar-refractivity contribution in [3.8, 4) is 5.75 Å². The van der Waals surface area contributed by atoms with E-state index in [-0.39, 0.29) is 30.4 Å². The van der Waals surface area contributed by atoms with Gasteiger partial charge in [0.15, 0.2) is 5.78 Å². The lowest BCUT2D eigenvalue weighted by Gasteiger charge is -2.18. The molecule has 2 atom stereocenters. The molecule has 0 spiro atoms. The van der Waals surface area contributed by atoms with Crippen LogP contribution in [0.4, 0.5) is 0 Å². The predicted molar refractivity (Wildman–Crippen MR) is 94.9 cm³/mol. The molecule has 7 heteroatoms. The number of hydrogen-bond acceptors (Lipinski definition) is 5. The Kier molecular flexibility index (Phi) is 8.07. The van der Waals surface area contributed by atoms with E-state index in [1.165, 1.54) is 19.1 Å². The maximum Gasteiger partial charge on any atom is 0.239 e. The van der Waals surface area contributed by atoms with Crippen molar-refractivity contribution < 1.29 is 19.5 Å². The summed E-state index contributed by atoms with van der Waals surface area (Å²) in [4.78, 5) is 35.4. The first kappa shape index (κ1) is 20.6. The van der Waals surface area contributed by atoms with Gasteiger partial charge in [0.1, 0.15) is 5.75 Å². The van der Waals surface area contributed by atoms with Gasteiger partial charge in [-0.05, 0) is 43.4 Å². The molecule has 0 aromatic heterocycles. The van der Waals surface area contributed by atoms with Gasteiger partial charge in [-0.1, -0.05) is 26.0 Å². The van der Waals surface area contributed by atoms with Crippen LogP contribution >= 0.6 is 0 Å². The summed E-state index contributed by atoms with van der Waals surface area (Å²) < 4.78 is 0. The molecule has 2 amide bonds. The van der Waals surface area contributed by atoms with Crippen LogP contribution in [0.2, 0.25) is 0 Å². The summed E-state index contributed by atoms with van der Waals surface area (Å²) in [5.74, 6) is -0.586. The van der Waals surface area contributed by atoms with Crippen LogP contribution in [0.1, 0.15) is 32.8 Å². The van der Waals surface area contributed by atoms with Crippen molar-refractivity contribution in [1.82, 2.24) is 10.6 Å². The van der Waals surface area contributed by atoms with Crippen molar-refractivity contribution in [1.29, 1.82) is 0 Å². The van der Waals surface area contributed by atoms with Gasteiger partial charge in [-0.25, -0.2) is 0 Å². The molecule has 1 rings (SSSR count). The summed E-state index contributed by atoms with van der Waals surface area (Å²) in [5, 5.41) is 14.3. The van der Waals surface area contributed by atoms with Gasteiger partial charge in [-0.2, -0.15) is 0 Å². The minimum absolute atomic E-state index is 0.114. The lowest BCUT2D eigenvalue weighted by atomic mass is 10.0. The van der Waals surface area contributed by atoms with Crippen molar-refractivity contribution in [2.75, 3.05) is 6.54 Å². The number of phenols is 1. The lowest BCUT2D eigenvalue weighted by Crippen LogP contribution is -2.48. The van der Waals surface area contributed by atoms with Gasteiger partial charge in [0.2, 0.25) is 11.8 Å². The molecule has 0 unspecified atom stereocenters. The van der Waals surface area contributed by atoms with Gasteiger partial charge in [0.05, 0.1) is 18.6 Å². The molecule has 0 aliphatic carbocycles. The van der Waals surface area contributed by atoms with Gasteiger partial charge >= 0.3 is 0 Å². The minimum atomic E-state index is -0.809. The average Bonchev–Trinajstić information content (AvgIpc) is 2.53. The van der Waals surface area contributed by atoms with Gasteiger partial charge in [0, 0.05) is 0 Å². The zero-order chi connectivity index (χ0) is 19.0. The van der Waals surface area contributed by atoms with Crippen LogP contribution in [0, 0.1) is 5.92 Å². The molecular weight excluding hydrogens is 322 g/mol. The molecule has 1 aromatic rings. The molecule has 5 N–H and O–H groups in total. The summed E-state index contributed by atoms with van der Waals surface area (Å²) in [6.07, 6.45) is 0.840. The number of aromatic hydroxyl groups is 1. The van der Waals surface area contributed by atoms with E-state index in [0.717, 1.165) is 5.56 Å². The second-order valence-corrected chi connectivity index (χ2v) is 6.56. The third kappa shape index (κ3) is 7.80.